The van der Waals surface area contributed by atoms with Crippen LogP contribution in [0.3, 0.4) is 0 Å². The average molecular weight is 412 g/mol. The Hall–Kier alpha value is -2.09. The van der Waals surface area contributed by atoms with Crippen LogP contribution in [0.25, 0.3) is 10.1 Å². The molecule has 0 atom stereocenters. The zero-order valence-electron chi connectivity index (χ0n) is 14.0. The molecular weight excluding hydrogens is 397 g/mol. The van der Waals surface area contributed by atoms with Crippen LogP contribution in [0.2, 0.25) is 10.0 Å². The minimum absolute atomic E-state index is 0.147. The molecule has 0 radical (unpaired) electrons. The van der Waals surface area contributed by atoms with Crippen LogP contribution < -0.4 is 5.32 Å². The van der Waals surface area contributed by atoms with Crippen LogP contribution in [0.5, 0.6) is 0 Å². The molecule has 0 saturated heterocycles. The molecule has 3 rings (SSSR count). The first kappa shape index (κ1) is 18.7. The van der Waals surface area contributed by atoms with Gasteiger partial charge < -0.3 is 10.1 Å². The van der Waals surface area contributed by atoms with Crippen LogP contribution in [0, 0.1) is 6.92 Å². The van der Waals surface area contributed by atoms with Crippen molar-refractivity contribution in [1.29, 1.82) is 0 Å². The Morgan fingerprint density at radius 1 is 1.35 bits per heavy atom. The van der Waals surface area contributed by atoms with Crippen molar-refractivity contribution in [3.8, 4) is 0 Å². The summed E-state index contributed by atoms with van der Waals surface area (Å²) in [7, 11) is 1.31. The Labute approximate surface area is 163 Å². The Morgan fingerprint density at radius 3 is 2.77 bits per heavy atom. The highest BCUT2D eigenvalue weighted by Crippen LogP contribution is 2.37. The van der Waals surface area contributed by atoms with Gasteiger partial charge >= 0.3 is 5.97 Å². The zero-order chi connectivity index (χ0) is 18.8. The molecule has 2 heterocycles. The number of amides is 1. The lowest BCUT2D eigenvalue weighted by Gasteiger charge is -2.07. The third-order valence-electron chi connectivity index (χ3n) is 3.88. The van der Waals surface area contributed by atoms with Crippen LogP contribution in [0.4, 0.5) is 5.69 Å². The molecule has 9 heteroatoms. The van der Waals surface area contributed by atoms with Gasteiger partial charge in [-0.2, -0.15) is 5.10 Å². The van der Waals surface area contributed by atoms with Gasteiger partial charge in [-0.15, -0.1) is 11.3 Å². The molecule has 2 aromatic heterocycles. The molecule has 0 aliphatic heterocycles. The third-order valence-corrected chi connectivity index (χ3v) is 5.89. The number of rotatable bonds is 5. The molecule has 0 unspecified atom stereocenters. The standard InChI is InChI=1S/C17H15Cl2N3O3S/c1-9-12(18)8-20-22(9)6-5-14(23)21-10-3-4-11-13(7-10)26-16(15(11)19)17(24)25-2/h3-4,7-8H,5-6H2,1-2H3,(H,21,23). The van der Waals surface area contributed by atoms with Gasteiger partial charge in [0.05, 0.1) is 35.6 Å². The van der Waals surface area contributed by atoms with Crippen LogP contribution in [-0.2, 0) is 16.1 Å². The maximum Gasteiger partial charge on any atom is 0.349 e. The van der Waals surface area contributed by atoms with Crippen molar-refractivity contribution in [3.63, 3.8) is 0 Å². The fraction of sp³-hybridized carbons (Fsp3) is 0.235. The van der Waals surface area contributed by atoms with E-state index in [-0.39, 0.29) is 12.3 Å². The molecule has 1 N–H and O–H groups in total. The lowest BCUT2D eigenvalue weighted by atomic mass is 10.2. The number of nitrogens with zero attached hydrogens (tertiary/aromatic N) is 2. The van der Waals surface area contributed by atoms with Gasteiger partial charge in [-0.25, -0.2) is 4.79 Å². The second-order valence-electron chi connectivity index (χ2n) is 5.55. The van der Waals surface area contributed by atoms with Crippen molar-refractivity contribution in [2.24, 2.45) is 0 Å². The maximum atomic E-state index is 12.2. The number of benzene rings is 1. The minimum Gasteiger partial charge on any atom is -0.465 e. The summed E-state index contributed by atoms with van der Waals surface area (Å²) in [6.45, 7) is 2.28. The highest BCUT2D eigenvalue weighted by atomic mass is 35.5. The SMILES string of the molecule is COC(=O)c1sc2cc(NC(=O)CCn3ncc(Cl)c3C)ccc2c1Cl. The fourth-order valence-corrected chi connectivity index (χ4v) is 4.05. The van der Waals surface area contributed by atoms with E-state index in [2.05, 4.69) is 10.4 Å². The summed E-state index contributed by atoms with van der Waals surface area (Å²) >= 11 is 13.4. The molecule has 0 bridgehead atoms. The summed E-state index contributed by atoms with van der Waals surface area (Å²) < 4.78 is 7.21. The number of fused-ring (bicyclic) bond motifs is 1. The predicted octanol–water partition coefficient (Wildman–Crippen LogP) is 4.53. The summed E-state index contributed by atoms with van der Waals surface area (Å²) in [5.74, 6) is -0.624. The third kappa shape index (κ3) is 3.70. The first-order valence-corrected chi connectivity index (χ1v) is 9.26. The van der Waals surface area contributed by atoms with Crippen LogP contribution >= 0.6 is 34.5 Å². The molecule has 0 fully saturated rings. The number of carbonyl (C=O) groups excluding carboxylic acids is 2. The van der Waals surface area contributed by atoms with Gasteiger partial charge in [0, 0.05) is 22.2 Å². The quantitative estimate of drug-likeness (QED) is 0.625. The molecule has 0 aliphatic carbocycles. The van der Waals surface area contributed by atoms with Crippen molar-refractivity contribution < 1.29 is 14.3 Å². The second kappa shape index (κ2) is 7.65. The van der Waals surface area contributed by atoms with Crippen LogP contribution in [0.1, 0.15) is 21.8 Å². The Kier molecular flexibility index (Phi) is 5.50. The van der Waals surface area contributed by atoms with Gasteiger partial charge in [0.25, 0.3) is 0 Å². The summed E-state index contributed by atoms with van der Waals surface area (Å²) in [6.07, 6.45) is 1.82. The van der Waals surface area contributed by atoms with E-state index >= 15 is 0 Å². The van der Waals surface area contributed by atoms with E-state index in [9.17, 15) is 9.59 Å². The molecule has 3 aromatic rings. The molecule has 6 nitrogen and oxygen atoms in total. The highest BCUT2D eigenvalue weighted by molar-refractivity contribution is 7.21. The summed E-state index contributed by atoms with van der Waals surface area (Å²) in [4.78, 5) is 24.3. The van der Waals surface area contributed by atoms with Crippen molar-refractivity contribution in [2.75, 3.05) is 12.4 Å². The van der Waals surface area contributed by atoms with E-state index in [1.54, 1.807) is 29.1 Å². The number of aryl methyl sites for hydroxylation is 1. The number of carbonyl (C=O) groups is 2. The Bertz CT molecular complexity index is 997. The largest absolute Gasteiger partial charge is 0.465 e. The molecule has 0 spiro atoms. The predicted molar refractivity (Wildman–Crippen MR) is 103 cm³/mol. The van der Waals surface area contributed by atoms with E-state index in [1.807, 2.05) is 6.92 Å². The number of hydrogen-bond donors (Lipinski definition) is 1. The number of halogens is 2. The van der Waals surface area contributed by atoms with Gasteiger partial charge in [-0.3, -0.25) is 9.48 Å². The van der Waals surface area contributed by atoms with Gasteiger partial charge in [0.15, 0.2) is 0 Å². The summed E-state index contributed by atoms with van der Waals surface area (Å²) in [5.41, 5.74) is 1.46. The van der Waals surface area contributed by atoms with E-state index in [1.165, 1.54) is 18.4 Å². The number of methoxy groups -OCH3 is 1. The summed E-state index contributed by atoms with van der Waals surface area (Å²) in [5, 5.41) is 8.64. The first-order chi connectivity index (χ1) is 12.4. The minimum atomic E-state index is -0.477. The van der Waals surface area contributed by atoms with Gasteiger partial charge in [0.2, 0.25) is 5.91 Å². The number of hydrogen-bond acceptors (Lipinski definition) is 5. The Morgan fingerprint density at radius 2 is 2.12 bits per heavy atom. The molecule has 136 valence electrons. The first-order valence-electron chi connectivity index (χ1n) is 7.69. The number of ether oxygens (including phenoxy) is 1. The monoisotopic (exact) mass is 411 g/mol. The van der Waals surface area contributed by atoms with E-state index in [0.717, 1.165) is 15.8 Å². The van der Waals surface area contributed by atoms with Crippen molar-refractivity contribution in [2.45, 2.75) is 19.9 Å². The summed E-state index contributed by atoms with van der Waals surface area (Å²) in [6, 6.07) is 5.30. The average Bonchev–Trinajstić information content (AvgIpc) is 3.12. The lowest BCUT2D eigenvalue weighted by molar-refractivity contribution is -0.116. The molecule has 1 amide bonds. The fourth-order valence-electron chi connectivity index (χ4n) is 2.45. The second-order valence-corrected chi connectivity index (χ2v) is 7.38. The van der Waals surface area contributed by atoms with Gasteiger partial charge in [0.1, 0.15) is 4.88 Å². The smallest absolute Gasteiger partial charge is 0.349 e. The molecule has 0 aliphatic rings. The van der Waals surface area contributed by atoms with Crippen molar-refractivity contribution >= 4 is 62.2 Å². The van der Waals surface area contributed by atoms with E-state index in [4.69, 9.17) is 27.9 Å². The topological polar surface area (TPSA) is 73.2 Å². The van der Waals surface area contributed by atoms with E-state index in [0.29, 0.717) is 27.2 Å². The number of thiophene rings is 1. The number of nitrogens with one attached hydrogen (secondary N) is 1. The van der Waals surface area contributed by atoms with Gasteiger partial charge in [-0.05, 0) is 25.1 Å². The van der Waals surface area contributed by atoms with Crippen molar-refractivity contribution in [1.82, 2.24) is 9.78 Å². The van der Waals surface area contributed by atoms with E-state index < -0.39 is 5.97 Å². The number of anilines is 1. The number of esters is 1. The zero-order valence-corrected chi connectivity index (χ0v) is 16.3. The molecule has 1 aromatic carbocycles. The Balaban J connectivity index is 1.71. The normalized spacial score (nSPS) is 10.9. The maximum absolute atomic E-state index is 12.2. The highest BCUT2D eigenvalue weighted by Gasteiger charge is 2.18. The van der Waals surface area contributed by atoms with Crippen molar-refractivity contribution in [3.05, 3.63) is 45.0 Å². The molecule has 0 saturated carbocycles. The molecular formula is C17H15Cl2N3O3S. The molecule has 26 heavy (non-hydrogen) atoms. The number of aromatic nitrogens is 2. The van der Waals surface area contributed by atoms with Crippen LogP contribution in [-0.4, -0.2) is 28.8 Å². The van der Waals surface area contributed by atoms with Gasteiger partial charge in [-0.1, -0.05) is 23.2 Å². The van der Waals surface area contributed by atoms with Crippen LogP contribution in [0.15, 0.2) is 24.4 Å². The lowest BCUT2D eigenvalue weighted by Crippen LogP contribution is -2.15.